The van der Waals surface area contributed by atoms with Gasteiger partial charge in [-0.2, -0.15) is 0 Å². The van der Waals surface area contributed by atoms with E-state index >= 15 is 0 Å². The smallest absolute Gasteiger partial charge is 0.325 e. The molecule has 0 bridgehead atoms. The summed E-state index contributed by atoms with van der Waals surface area (Å²) in [5, 5.41) is 19.2. The molecule has 7 heteroatoms. The number of aromatic nitrogens is 3. The summed E-state index contributed by atoms with van der Waals surface area (Å²) < 4.78 is 1.64. The number of benzene rings is 1. The lowest BCUT2D eigenvalue weighted by Gasteiger charge is -2.08. The van der Waals surface area contributed by atoms with Crippen LogP contribution in [0.3, 0.4) is 0 Å². The fraction of sp³-hybridized carbons (Fsp3) is 0.286. The minimum Gasteiger partial charge on any atom is -0.480 e. The van der Waals surface area contributed by atoms with Crippen molar-refractivity contribution in [2.45, 2.75) is 26.3 Å². The van der Waals surface area contributed by atoms with Gasteiger partial charge in [-0.3, -0.25) is 9.59 Å². The number of carboxylic acids is 1. The van der Waals surface area contributed by atoms with Gasteiger partial charge in [0.05, 0.1) is 23.5 Å². The van der Waals surface area contributed by atoms with Crippen molar-refractivity contribution < 1.29 is 14.7 Å². The molecule has 1 aromatic carbocycles. The Bertz CT molecular complexity index is 651. The van der Waals surface area contributed by atoms with Crippen molar-refractivity contribution in [2.75, 3.05) is 0 Å². The largest absolute Gasteiger partial charge is 0.480 e. The first kappa shape index (κ1) is 14.7. The molecule has 2 N–H and O–H groups in total. The van der Waals surface area contributed by atoms with Gasteiger partial charge >= 0.3 is 5.97 Å². The van der Waals surface area contributed by atoms with Gasteiger partial charge in [0.15, 0.2) is 0 Å². The highest BCUT2D eigenvalue weighted by molar-refractivity contribution is 5.84. The summed E-state index contributed by atoms with van der Waals surface area (Å²) in [5.41, 5.74) is 2.13. The highest BCUT2D eigenvalue weighted by Gasteiger charge is 2.17. The Balaban J connectivity index is 2.11. The van der Waals surface area contributed by atoms with E-state index in [0.717, 1.165) is 11.4 Å². The fourth-order valence-electron chi connectivity index (χ4n) is 1.84. The van der Waals surface area contributed by atoms with Gasteiger partial charge in [-0.1, -0.05) is 23.4 Å². The lowest BCUT2D eigenvalue weighted by atomic mass is 10.2. The molecule has 21 heavy (non-hydrogen) atoms. The van der Waals surface area contributed by atoms with Gasteiger partial charge < -0.3 is 10.4 Å². The predicted octanol–water partition coefficient (Wildman–Crippen LogP) is 0.708. The van der Waals surface area contributed by atoms with Gasteiger partial charge in [-0.05, 0) is 26.0 Å². The topological polar surface area (TPSA) is 97.1 Å². The first-order chi connectivity index (χ1) is 9.99. The number of rotatable bonds is 5. The van der Waals surface area contributed by atoms with E-state index in [0.29, 0.717) is 5.69 Å². The second kappa shape index (κ2) is 6.17. The number of carbonyl (C=O) groups is 2. The summed E-state index contributed by atoms with van der Waals surface area (Å²) in [7, 11) is 0. The van der Waals surface area contributed by atoms with Crippen molar-refractivity contribution in [3.8, 4) is 5.69 Å². The lowest BCUT2D eigenvalue weighted by molar-refractivity contribution is -0.141. The molecule has 1 amide bonds. The molecule has 2 aromatic rings. The van der Waals surface area contributed by atoms with Crippen molar-refractivity contribution in [3.05, 3.63) is 41.7 Å². The van der Waals surface area contributed by atoms with Gasteiger partial charge in [-0.15, -0.1) is 5.10 Å². The zero-order valence-electron chi connectivity index (χ0n) is 11.8. The third-order valence-electron chi connectivity index (χ3n) is 3.07. The van der Waals surface area contributed by atoms with Gasteiger partial charge in [0, 0.05) is 0 Å². The first-order valence-corrected chi connectivity index (χ1v) is 6.48. The Morgan fingerprint density at radius 3 is 2.62 bits per heavy atom. The van der Waals surface area contributed by atoms with Crippen LogP contribution >= 0.6 is 0 Å². The van der Waals surface area contributed by atoms with Crippen molar-refractivity contribution >= 4 is 11.9 Å². The molecule has 0 fully saturated rings. The maximum Gasteiger partial charge on any atom is 0.325 e. The van der Waals surface area contributed by atoms with Crippen LogP contribution in [-0.2, 0) is 16.0 Å². The van der Waals surface area contributed by atoms with Crippen molar-refractivity contribution in [2.24, 2.45) is 0 Å². The molecule has 0 aliphatic rings. The summed E-state index contributed by atoms with van der Waals surface area (Å²) >= 11 is 0. The second-order valence-corrected chi connectivity index (χ2v) is 4.67. The first-order valence-electron chi connectivity index (χ1n) is 6.48. The molecule has 0 radical (unpaired) electrons. The average Bonchev–Trinajstić information content (AvgIpc) is 2.81. The Morgan fingerprint density at radius 1 is 1.33 bits per heavy atom. The van der Waals surface area contributed by atoms with Gasteiger partial charge in [0.25, 0.3) is 0 Å². The van der Waals surface area contributed by atoms with Crippen LogP contribution in [0, 0.1) is 6.92 Å². The summed E-state index contributed by atoms with van der Waals surface area (Å²) in [4.78, 5) is 22.5. The van der Waals surface area contributed by atoms with Crippen LogP contribution in [0.4, 0.5) is 0 Å². The average molecular weight is 288 g/mol. The molecule has 0 saturated carbocycles. The molecule has 0 saturated heterocycles. The lowest BCUT2D eigenvalue weighted by Crippen LogP contribution is -2.39. The molecule has 1 heterocycles. The molecule has 0 aliphatic heterocycles. The summed E-state index contributed by atoms with van der Waals surface area (Å²) in [5.74, 6) is -1.47. The molecule has 0 spiro atoms. The fourth-order valence-corrected chi connectivity index (χ4v) is 1.84. The van der Waals surface area contributed by atoms with E-state index in [-0.39, 0.29) is 6.42 Å². The van der Waals surface area contributed by atoms with Crippen molar-refractivity contribution in [1.82, 2.24) is 20.3 Å². The molecule has 110 valence electrons. The van der Waals surface area contributed by atoms with Crippen LogP contribution in [0.25, 0.3) is 5.69 Å². The zero-order chi connectivity index (χ0) is 15.4. The Kier molecular flexibility index (Phi) is 4.32. The quantitative estimate of drug-likeness (QED) is 0.844. The summed E-state index contributed by atoms with van der Waals surface area (Å²) in [6.07, 6.45) is -0.00368. The van der Waals surface area contributed by atoms with E-state index in [2.05, 4.69) is 15.6 Å². The molecule has 0 aliphatic carbocycles. The molecular formula is C14H16N4O3. The summed E-state index contributed by atoms with van der Waals surface area (Å²) in [6.45, 7) is 3.23. The monoisotopic (exact) mass is 288 g/mol. The molecule has 2 rings (SSSR count). The highest BCUT2D eigenvalue weighted by Crippen LogP contribution is 2.12. The number of nitrogens with one attached hydrogen (secondary N) is 1. The van der Waals surface area contributed by atoms with E-state index < -0.39 is 17.9 Å². The Labute approximate surface area is 121 Å². The minimum atomic E-state index is -1.08. The third kappa shape index (κ3) is 3.44. The normalized spacial score (nSPS) is 11.9. The van der Waals surface area contributed by atoms with E-state index in [4.69, 9.17) is 5.11 Å². The van der Waals surface area contributed by atoms with Gasteiger partial charge in [0.1, 0.15) is 6.04 Å². The zero-order valence-corrected chi connectivity index (χ0v) is 11.8. The maximum absolute atomic E-state index is 11.8. The number of aliphatic carboxylic acids is 1. The SMILES string of the molecule is Cc1c(CC(=O)N[C@H](C)C(=O)O)nnn1-c1ccccc1. The van der Waals surface area contributed by atoms with Crippen LogP contribution < -0.4 is 5.32 Å². The minimum absolute atomic E-state index is 0.00368. The molecular weight excluding hydrogens is 272 g/mol. The van der Waals surface area contributed by atoms with E-state index in [1.54, 1.807) is 4.68 Å². The van der Waals surface area contributed by atoms with E-state index in [1.165, 1.54) is 6.92 Å². The van der Waals surface area contributed by atoms with Crippen LogP contribution in [0.2, 0.25) is 0 Å². The number of carboxylic acid groups (broad SMARTS) is 1. The van der Waals surface area contributed by atoms with Gasteiger partial charge in [0.2, 0.25) is 5.91 Å². The van der Waals surface area contributed by atoms with Crippen molar-refractivity contribution in [3.63, 3.8) is 0 Å². The van der Waals surface area contributed by atoms with E-state index in [1.807, 2.05) is 37.3 Å². The van der Waals surface area contributed by atoms with Crippen LogP contribution in [0.15, 0.2) is 30.3 Å². The number of para-hydroxylation sites is 1. The van der Waals surface area contributed by atoms with E-state index in [9.17, 15) is 9.59 Å². The molecule has 0 unspecified atom stereocenters. The standard InChI is InChI=1S/C14H16N4O3/c1-9(14(20)21)15-13(19)8-12-10(2)18(17-16-12)11-6-4-3-5-7-11/h3-7,9H,8H2,1-2H3,(H,15,19)(H,20,21)/t9-/m1/s1. The number of hydrogen-bond acceptors (Lipinski definition) is 4. The summed E-state index contributed by atoms with van der Waals surface area (Å²) in [6, 6.07) is 8.52. The van der Waals surface area contributed by atoms with Crippen LogP contribution in [0.5, 0.6) is 0 Å². The second-order valence-electron chi connectivity index (χ2n) is 4.67. The van der Waals surface area contributed by atoms with Crippen molar-refractivity contribution in [1.29, 1.82) is 0 Å². The number of nitrogens with zero attached hydrogens (tertiary/aromatic N) is 3. The predicted molar refractivity (Wildman–Crippen MR) is 75.0 cm³/mol. The Hall–Kier alpha value is -2.70. The molecule has 1 atom stereocenters. The number of amides is 1. The maximum atomic E-state index is 11.8. The highest BCUT2D eigenvalue weighted by atomic mass is 16.4. The number of hydrogen-bond donors (Lipinski definition) is 2. The van der Waals surface area contributed by atoms with Crippen LogP contribution in [-0.4, -0.2) is 38.0 Å². The third-order valence-corrected chi connectivity index (χ3v) is 3.07. The van der Waals surface area contributed by atoms with Crippen LogP contribution in [0.1, 0.15) is 18.3 Å². The molecule has 7 nitrogen and oxygen atoms in total. The number of carbonyl (C=O) groups excluding carboxylic acids is 1. The van der Waals surface area contributed by atoms with Gasteiger partial charge in [-0.25, -0.2) is 4.68 Å². The molecule has 1 aromatic heterocycles. The Morgan fingerprint density at radius 2 is 2.00 bits per heavy atom.